The van der Waals surface area contributed by atoms with E-state index >= 15 is 9.59 Å². The Hall–Kier alpha value is -7.02. The van der Waals surface area contributed by atoms with Gasteiger partial charge in [-0.25, -0.2) is 0 Å². The number of allylic oxidation sites excluding steroid dienone is 3. The van der Waals surface area contributed by atoms with Crippen molar-refractivity contribution in [2.75, 3.05) is 38.8 Å². The van der Waals surface area contributed by atoms with Gasteiger partial charge >= 0.3 is 0 Å². The quantitative estimate of drug-likeness (QED) is 0.0706. The van der Waals surface area contributed by atoms with Gasteiger partial charge < -0.3 is 24.1 Å². The van der Waals surface area contributed by atoms with Crippen LogP contribution in [0, 0.1) is 29.6 Å². The highest BCUT2D eigenvalue weighted by Gasteiger charge is 2.69. The molecular formula is C52H45Cl2N3O9. The first-order valence-corrected chi connectivity index (χ1v) is 22.0. The number of anilines is 2. The van der Waals surface area contributed by atoms with Crippen molar-refractivity contribution in [2.24, 2.45) is 29.6 Å². The zero-order chi connectivity index (χ0) is 46.4. The first-order chi connectivity index (χ1) is 31.9. The lowest BCUT2D eigenvalue weighted by atomic mass is 9.50. The lowest BCUT2D eigenvalue weighted by molar-refractivity contribution is -0.139. The summed E-state index contributed by atoms with van der Waals surface area (Å²) in [6, 6.07) is 29.4. The van der Waals surface area contributed by atoms with E-state index in [-0.39, 0.29) is 41.2 Å². The third-order valence-corrected chi connectivity index (χ3v) is 13.9. The van der Waals surface area contributed by atoms with Crippen molar-refractivity contribution in [3.05, 3.63) is 153 Å². The number of hydrogen-bond donors (Lipinski definition) is 2. The van der Waals surface area contributed by atoms with Crippen LogP contribution in [0.2, 0.25) is 10.0 Å². The van der Waals surface area contributed by atoms with Crippen LogP contribution in [0.25, 0.3) is 18.2 Å². The van der Waals surface area contributed by atoms with Gasteiger partial charge in [-0.3, -0.25) is 29.5 Å². The highest BCUT2D eigenvalue weighted by molar-refractivity contribution is 6.36. The maximum Gasteiger partial charge on any atom is 0.260 e. The summed E-state index contributed by atoms with van der Waals surface area (Å²) in [5.74, 6) is -3.53. The van der Waals surface area contributed by atoms with Gasteiger partial charge in [0.05, 0.1) is 68.0 Å². The molecule has 4 aliphatic rings. The minimum absolute atomic E-state index is 0.0451. The number of phenolic OH excluding ortho intramolecular Hbond substituents is 1. The number of rotatable bonds is 12. The number of phenols is 1. The lowest BCUT2D eigenvalue weighted by Crippen LogP contribution is -2.54. The van der Waals surface area contributed by atoms with Crippen LogP contribution in [0.3, 0.4) is 0 Å². The molecule has 5 aromatic carbocycles. The summed E-state index contributed by atoms with van der Waals surface area (Å²) in [5, 5.41) is 12.0. The van der Waals surface area contributed by atoms with Crippen molar-refractivity contribution in [1.82, 2.24) is 5.01 Å². The van der Waals surface area contributed by atoms with Gasteiger partial charge in [0.25, 0.3) is 11.8 Å². The fourth-order valence-electron chi connectivity index (χ4n) is 10.2. The number of amides is 4. The number of nitrogens with one attached hydrogen (secondary N) is 1. The van der Waals surface area contributed by atoms with Crippen molar-refractivity contribution in [3.63, 3.8) is 0 Å². The number of aromatic hydroxyl groups is 1. The Balaban J connectivity index is 1.12. The summed E-state index contributed by atoms with van der Waals surface area (Å²) in [6.07, 6.45) is 9.84. The Morgan fingerprint density at radius 3 is 2.11 bits per heavy atom. The molecule has 66 heavy (non-hydrogen) atoms. The molecule has 2 aliphatic heterocycles. The molecule has 14 heteroatoms. The van der Waals surface area contributed by atoms with Crippen LogP contribution in [0.15, 0.2) is 121 Å². The average molecular weight is 927 g/mol. The van der Waals surface area contributed by atoms with Crippen molar-refractivity contribution in [1.29, 1.82) is 0 Å². The van der Waals surface area contributed by atoms with E-state index in [4.69, 9.17) is 42.1 Å². The van der Waals surface area contributed by atoms with E-state index in [1.807, 2.05) is 60.7 Å². The maximum absolute atomic E-state index is 15.5. The molecule has 3 fully saturated rings. The van der Waals surface area contributed by atoms with Crippen LogP contribution >= 0.6 is 23.2 Å². The number of nitrogens with zero attached hydrogens (tertiary/aromatic N) is 2. The largest absolute Gasteiger partial charge is 0.504 e. The minimum Gasteiger partial charge on any atom is -0.504 e. The zero-order valence-corrected chi connectivity index (χ0v) is 37.9. The van der Waals surface area contributed by atoms with Crippen molar-refractivity contribution >= 4 is 76.4 Å². The van der Waals surface area contributed by atoms with Crippen LogP contribution in [0.1, 0.15) is 35.1 Å². The second kappa shape index (κ2) is 17.8. The Kier molecular flexibility index (Phi) is 11.9. The predicted octanol–water partition coefficient (Wildman–Crippen LogP) is 9.64. The number of hydrogen-bond acceptors (Lipinski definition) is 10. The monoisotopic (exact) mass is 925 g/mol. The molecule has 0 bridgehead atoms. The molecule has 4 amide bonds. The molecule has 1 saturated carbocycles. The van der Waals surface area contributed by atoms with Crippen LogP contribution in [-0.4, -0.2) is 62.2 Å². The van der Waals surface area contributed by atoms with Gasteiger partial charge in [-0.2, -0.15) is 5.01 Å². The summed E-state index contributed by atoms with van der Waals surface area (Å²) >= 11 is 12.8. The molecule has 0 radical (unpaired) electrons. The summed E-state index contributed by atoms with van der Waals surface area (Å²) in [5.41, 5.74) is 5.83. The van der Waals surface area contributed by atoms with Crippen LogP contribution < -0.4 is 29.3 Å². The first kappa shape index (κ1) is 44.2. The van der Waals surface area contributed by atoms with Gasteiger partial charge in [0, 0.05) is 16.5 Å². The van der Waals surface area contributed by atoms with Gasteiger partial charge in [-0.15, -0.1) is 0 Å². The molecule has 0 aromatic heterocycles. The summed E-state index contributed by atoms with van der Waals surface area (Å²) in [4.78, 5) is 61.3. The van der Waals surface area contributed by atoms with Crippen LogP contribution in [-0.2, 0) is 24.6 Å². The number of hydrazine groups is 1. The second-order valence-electron chi connectivity index (χ2n) is 16.6. The summed E-state index contributed by atoms with van der Waals surface area (Å²) < 4.78 is 21.8. The fraction of sp³-hybridized carbons (Fsp3) is 0.231. The molecule has 2 saturated heterocycles. The second-order valence-corrected chi connectivity index (χ2v) is 17.4. The molecule has 6 atom stereocenters. The van der Waals surface area contributed by atoms with E-state index in [9.17, 15) is 14.7 Å². The molecular weight excluding hydrogens is 881 g/mol. The highest BCUT2D eigenvalue weighted by Crippen LogP contribution is 2.62. The molecule has 2 heterocycles. The number of fused-ring (bicyclic) bond motifs is 4. The highest BCUT2D eigenvalue weighted by atomic mass is 35.5. The normalized spacial score (nSPS) is 23.5. The Labute approximate surface area is 391 Å². The molecule has 9 rings (SSSR count). The Morgan fingerprint density at radius 2 is 1.41 bits per heavy atom. The van der Waals surface area contributed by atoms with E-state index in [1.165, 1.54) is 24.1 Å². The van der Waals surface area contributed by atoms with E-state index in [2.05, 4.69) is 5.43 Å². The number of imide groups is 2. The maximum atomic E-state index is 15.5. The number of benzene rings is 5. The predicted molar refractivity (Wildman–Crippen MR) is 252 cm³/mol. The summed E-state index contributed by atoms with van der Waals surface area (Å²) in [6.45, 7) is 0. The molecule has 12 nitrogen and oxygen atoms in total. The van der Waals surface area contributed by atoms with Gasteiger partial charge in [0.1, 0.15) is 17.2 Å². The van der Waals surface area contributed by atoms with E-state index < -0.39 is 46.8 Å². The minimum atomic E-state index is -1.54. The number of methoxy groups -OCH3 is 4. The first-order valence-electron chi connectivity index (χ1n) is 21.3. The molecule has 2 N–H and O–H groups in total. The van der Waals surface area contributed by atoms with E-state index in [0.29, 0.717) is 44.8 Å². The fourth-order valence-corrected chi connectivity index (χ4v) is 10.7. The van der Waals surface area contributed by atoms with Gasteiger partial charge in [-0.05, 0) is 108 Å². The van der Waals surface area contributed by atoms with Crippen molar-refractivity contribution in [2.45, 2.75) is 18.3 Å². The smallest absolute Gasteiger partial charge is 0.260 e. The van der Waals surface area contributed by atoms with E-state index in [0.717, 1.165) is 21.7 Å². The van der Waals surface area contributed by atoms with Crippen LogP contribution in [0.5, 0.6) is 28.7 Å². The zero-order valence-electron chi connectivity index (χ0n) is 36.4. The van der Waals surface area contributed by atoms with E-state index in [1.54, 1.807) is 82.0 Å². The number of ether oxygens (including phenoxy) is 4. The summed E-state index contributed by atoms with van der Waals surface area (Å²) in [7, 11) is 6.19. The van der Waals surface area contributed by atoms with Gasteiger partial charge in [-0.1, -0.05) is 89.5 Å². The standard InChI is InChI=1S/C52H45Cl2N3O9/c1-63-35-16-11-32(12-17-35)52-40(21-8-30-9-23-44(58)46(25-30)66-4)37-19-20-38-47(39(37)28-41(52)49(60)57(51(52)62)55-43-22-13-33(53)27-42(43)54)50(61)56(48(38)59)34-14-6-29(7-15-34)5-10-31-26-36(64-2)18-24-45(31)65-3/h5-19,21-27,38-41,47,55,58H,20,28H2,1-4H3. The third kappa shape index (κ3) is 7.43. The van der Waals surface area contributed by atoms with Gasteiger partial charge in [0.2, 0.25) is 11.8 Å². The Morgan fingerprint density at radius 1 is 0.697 bits per heavy atom. The lowest BCUT2D eigenvalue weighted by Gasteiger charge is -2.49. The number of carbonyl (C=O) groups excluding carboxylic acids is 4. The Bertz CT molecular complexity index is 2860. The van der Waals surface area contributed by atoms with Crippen molar-refractivity contribution < 1.29 is 43.2 Å². The number of halogens is 2. The number of carbonyl (C=O) groups is 4. The molecule has 5 aromatic rings. The SMILES string of the molecule is COc1ccc(C23C(=O)N(Nc4ccc(Cl)cc4Cl)C(=O)C2CC2C(=CCC4C(=O)N(c5ccc(C=Cc6cc(OC)ccc6OC)cc5)C(=O)C42)C3C=Cc2ccc(O)c(OC)c2)cc1. The average Bonchev–Trinajstić information content (AvgIpc) is 3.71. The van der Waals surface area contributed by atoms with Crippen molar-refractivity contribution in [3.8, 4) is 28.7 Å². The molecule has 6 unspecified atom stereocenters. The topological polar surface area (TPSA) is 144 Å². The van der Waals surface area contributed by atoms with Crippen LogP contribution in [0.4, 0.5) is 11.4 Å². The van der Waals surface area contributed by atoms with Gasteiger partial charge in [0.15, 0.2) is 11.5 Å². The molecule has 336 valence electrons. The third-order valence-electron chi connectivity index (χ3n) is 13.4. The molecule has 2 aliphatic carbocycles. The molecule has 0 spiro atoms.